The number of carbonyl (C=O) groups excluding carboxylic acids is 3. The first-order valence-electron chi connectivity index (χ1n) is 21.7. The monoisotopic (exact) mass is 774 g/mol. The fraction of sp³-hybridized carbons (Fsp3) is 0.766. The maximum absolute atomic E-state index is 14.2. The minimum atomic E-state index is -1.16. The number of pyridine rings is 1. The maximum atomic E-state index is 14.2. The molecule has 0 aliphatic heterocycles. The number of aliphatic carboxylic acids is 1. The highest BCUT2D eigenvalue weighted by Gasteiger charge is 2.66. The van der Waals surface area contributed by atoms with Gasteiger partial charge in [-0.3, -0.25) is 29.1 Å². The van der Waals surface area contributed by atoms with E-state index in [1.807, 2.05) is 25.4 Å². The molecule has 0 spiro atoms. The van der Waals surface area contributed by atoms with E-state index >= 15 is 0 Å². The number of hydrogen-bond donors (Lipinski definition) is 1. The molecule has 0 saturated heterocycles. The second kappa shape index (κ2) is 15.6. The Bertz CT molecular complexity index is 1700. The smallest absolute Gasteiger partial charge is 0.309 e. The summed E-state index contributed by atoms with van der Waals surface area (Å²) < 4.78 is 6.18. The number of fused-ring (bicyclic) bond motifs is 7. The minimum Gasteiger partial charge on any atom is -0.481 e. The number of carbonyl (C=O) groups is 4. The van der Waals surface area contributed by atoms with Crippen molar-refractivity contribution in [1.82, 2.24) is 14.8 Å². The molecule has 1 N–H and O–H groups in total. The van der Waals surface area contributed by atoms with Gasteiger partial charge in [-0.2, -0.15) is 0 Å². The first-order valence-corrected chi connectivity index (χ1v) is 21.7. The first-order chi connectivity index (χ1) is 26.2. The van der Waals surface area contributed by atoms with Gasteiger partial charge in [0.15, 0.2) is 5.78 Å². The van der Waals surface area contributed by atoms with Crippen LogP contribution in [0.15, 0.2) is 35.5 Å². The van der Waals surface area contributed by atoms with E-state index in [9.17, 15) is 24.3 Å². The van der Waals surface area contributed by atoms with Gasteiger partial charge in [-0.25, -0.2) is 0 Å². The second-order valence-corrected chi connectivity index (χ2v) is 20.8. The van der Waals surface area contributed by atoms with Gasteiger partial charge < -0.3 is 14.7 Å². The molecule has 1 aromatic rings. The molecule has 4 fully saturated rings. The number of carboxylic acid groups (broad SMARTS) is 1. The molecule has 8 unspecified atom stereocenters. The number of rotatable bonds is 13. The number of ether oxygens (including phenoxy) is 1. The summed E-state index contributed by atoms with van der Waals surface area (Å²) in [6.07, 6.45) is 11.6. The molecule has 1 heterocycles. The summed E-state index contributed by atoms with van der Waals surface area (Å²) in [7, 11) is 1.87. The van der Waals surface area contributed by atoms with Gasteiger partial charge in [-0.15, -0.1) is 0 Å². The lowest BCUT2D eigenvalue weighted by Crippen LogP contribution is -2.63. The Morgan fingerprint density at radius 3 is 2.30 bits per heavy atom. The van der Waals surface area contributed by atoms with Crippen LogP contribution in [0.4, 0.5) is 0 Å². The summed E-state index contributed by atoms with van der Waals surface area (Å²) in [6.45, 7) is 21.9. The van der Waals surface area contributed by atoms with Crippen molar-refractivity contribution < 1.29 is 29.0 Å². The summed E-state index contributed by atoms with van der Waals surface area (Å²) in [5.74, 6) is 1.15. The van der Waals surface area contributed by atoms with Crippen LogP contribution in [-0.2, 0) is 30.5 Å². The molecular weight excluding hydrogens is 703 g/mol. The van der Waals surface area contributed by atoms with Crippen molar-refractivity contribution in [3.8, 4) is 0 Å². The summed E-state index contributed by atoms with van der Waals surface area (Å²) in [6, 6.07) is 6.05. The predicted octanol–water partition coefficient (Wildman–Crippen LogP) is 8.76. The number of aromatic nitrogens is 1. The average molecular weight is 774 g/mol. The van der Waals surface area contributed by atoms with Crippen molar-refractivity contribution in [1.29, 1.82) is 0 Å². The SMILES string of the molecule is CC(=O)N(C)CCN(CCC12CCC3C(CCC4C3(C)CCC3C(C)(C)C(OC(=O)CC(C)(C)C(=O)O)CCC34C)C1=C(C(C)C)C(=O)C2)Cc1ccccn1. The van der Waals surface area contributed by atoms with Gasteiger partial charge in [0.05, 0.1) is 17.5 Å². The first kappa shape index (κ1) is 42.5. The predicted molar refractivity (Wildman–Crippen MR) is 218 cm³/mol. The number of amides is 1. The van der Waals surface area contributed by atoms with Crippen LogP contribution in [0.25, 0.3) is 0 Å². The molecule has 5 aliphatic rings. The Labute approximate surface area is 336 Å². The molecule has 0 bridgehead atoms. The van der Waals surface area contributed by atoms with Gasteiger partial charge in [-0.05, 0) is 136 Å². The lowest BCUT2D eigenvalue weighted by atomic mass is 9.36. The van der Waals surface area contributed by atoms with E-state index in [2.05, 4.69) is 57.5 Å². The van der Waals surface area contributed by atoms with E-state index in [4.69, 9.17) is 4.74 Å². The maximum Gasteiger partial charge on any atom is 0.309 e. The van der Waals surface area contributed by atoms with Crippen LogP contribution in [0.2, 0.25) is 0 Å². The quantitative estimate of drug-likeness (QED) is 0.198. The Balaban J connectivity index is 1.23. The Morgan fingerprint density at radius 1 is 0.946 bits per heavy atom. The Kier molecular flexibility index (Phi) is 11.8. The standard InChI is InChI=1S/C47H71N3O6/c1-30(2)40-35(52)27-47(22-24-50(26-25-49(10)31(3)51)29-32-13-11-12-23-48-32)21-16-34-33(41(40)47)14-15-37-45(34,8)19-17-36-44(6,7)38(18-20-46(36,37)9)56-39(53)28-43(4,5)42(54)55/h11-13,23,30,33-34,36-38H,14-22,24-29H2,1-10H3,(H,54,55). The van der Waals surface area contributed by atoms with E-state index in [1.165, 1.54) is 5.57 Å². The summed E-state index contributed by atoms with van der Waals surface area (Å²) in [5.41, 5.74) is 2.44. The fourth-order valence-corrected chi connectivity index (χ4v) is 13.4. The summed E-state index contributed by atoms with van der Waals surface area (Å²) >= 11 is 0. The van der Waals surface area contributed by atoms with Crippen molar-refractivity contribution in [2.45, 2.75) is 146 Å². The van der Waals surface area contributed by atoms with Gasteiger partial charge in [0.2, 0.25) is 5.91 Å². The topological polar surface area (TPSA) is 117 Å². The lowest BCUT2D eigenvalue weighted by molar-refractivity contribution is -0.214. The summed E-state index contributed by atoms with van der Waals surface area (Å²) in [4.78, 5) is 60.1. The molecule has 9 heteroatoms. The molecule has 1 amide bonds. The van der Waals surface area contributed by atoms with Crippen molar-refractivity contribution >= 4 is 23.6 Å². The van der Waals surface area contributed by atoms with Gasteiger partial charge in [0, 0.05) is 57.1 Å². The number of ketones is 1. The van der Waals surface area contributed by atoms with E-state index in [1.54, 1.807) is 25.7 Å². The third-order valence-corrected chi connectivity index (χ3v) is 16.4. The van der Waals surface area contributed by atoms with Crippen molar-refractivity contribution in [2.75, 3.05) is 26.7 Å². The normalized spacial score (nSPS) is 33.7. The van der Waals surface area contributed by atoms with Gasteiger partial charge in [-0.1, -0.05) is 53.2 Å². The largest absolute Gasteiger partial charge is 0.481 e. The number of esters is 1. The number of hydrogen-bond acceptors (Lipinski definition) is 7. The lowest BCUT2D eigenvalue weighted by Gasteiger charge is -2.69. The number of nitrogens with zero attached hydrogens (tertiary/aromatic N) is 3. The van der Waals surface area contributed by atoms with Crippen LogP contribution in [0.5, 0.6) is 0 Å². The van der Waals surface area contributed by atoms with E-state index in [-0.39, 0.29) is 46.0 Å². The molecule has 0 radical (unpaired) electrons. The van der Waals surface area contributed by atoms with Crippen LogP contribution < -0.4 is 0 Å². The zero-order valence-electron chi connectivity index (χ0n) is 36.2. The Hall–Kier alpha value is -3.07. The van der Waals surface area contributed by atoms with Crippen LogP contribution >= 0.6 is 0 Å². The fourth-order valence-electron chi connectivity index (χ4n) is 13.4. The zero-order chi connectivity index (χ0) is 41.0. The highest BCUT2D eigenvalue weighted by molar-refractivity contribution is 6.00. The highest BCUT2D eigenvalue weighted by atomic mass is 16.5. The minimum absolute atomic E-state index is 0.0667. The molecule has 5 aliphatic carbocycles. The second-order valence-electron chi connectivity index (χ2n) is 20.8. The molecule has 8 atom stereocenters. The molecule has 6 rings (SSSR count). The summed E-state index contributed by atoms with van der Waals surface area (Å²) in [5, 5.41) is 9.63. The molecule has 9 nitrogen and oxygen atoms in total. The molecule has 4 saturated carbocycles. The zero-order valence-corrected chi connectivity index (χ0v) is 36.2. The number of carboxylic acids is 1. The van der Waals surface area contributed by atoms with Gasteiger partial charge in [0.1, 0.15) is 6.10 Å². The Morgan fingerprint density at radius 2 is 1.66 bits per heavy atom. The molecule has 56 heavy (non-hydrogen) atoms. The third kappa shape index (κ3) is 7.64. The molecule has 0 aromatic carbocycles. The van der Waals surface area contributed by atoms with Crippen molar-refractivity contribution in [3.05, 3.63) is 41.2 Å². The molecule has 1 aromatic heterocycles. The van der Waals surface area contributed by atoms with Crippen molar-refractivity contribution in [3.63, 3.8) is 0 Å². The van der Waals surface area contributed by atoms with E-state index in [0.29, 0.717) is 42.4 Å². The third-order valence-electron chi connectivity index (χ3n) is 16.4. The van der Waals surface area contributed by atoms with E-state index in [0.717, 1.165) is 88.7 Å². The number of allylic oxidation sites excluding steroid dienone is 2. The molecular formula is C47H71N3O6. The van der Waals surface area contributed by atoms with Crippen LogP contribution in [0.1, 0.15) is 139 Å². The van der Waals surface area contributed by atoms with Crippen LogP contribution in [0.3, 0.4) is 0 Å². The number of likely N-dealkylation sites (N-methyl/N-ethyl adjacent to an activating group) is 1. The number of Topliss-reactive ketones (excluding diaryl/α,β-unsaturated/α-hetero) is 1. The molecule has 310 valence electrons. The van der Waals surface area contributed by atoms with Crippen LogP contribution in [-0.4, -0.2) is 76.3 Å². The average Bonchev–Trinajstić information content (AvgIpc) is 3.43. The van der Waals surface area contributed by atoms with Gasteiger partial charge >= 0.3 is 11.9 Å². The van der Waals surface area contributed by atoms with E-state index < -0.39 is 17.4 Å². The highest BCUT2D eigenvalue weighted by Crippen LogP contribution is 2.73. The van der Waals surface area contributed by atoms with Crippen LogP contribution in [0, 0.1) is 56.7 Å². The van der Waals surface area contributed by atoms with Gasteiger partial charge in [0.25, 0.3) is 0 Å². The van der Waals surface area contributed by atoms with Crippen molar-refractivity contribution in [2.24, 2.45) is 56.7 Å².